The van der Waals surface area contributed by atoms with Gasteiger partial charge in [-0.25, -0.2) is 0 Å². The Kier molecular flexibility index (Phi) is 6.06. The molecule has 3 fully saturated rings. The predicted octanol–water partition coefficient (Wildman–Crippen LogP) is 5.50. The number of aliphatic hydroxyl groups excluding tert-OH is 2. The molecule has 0 aliphatic heterocycles. The zero-order valence-electron chi connectivity index (χ0n) is 20.6. The van der Waals surface area contributed by atoms with Crippen molar-refractivity contribution in [2.45, 2.75) is 104 Å². The quantitative estimate of drug-likeness (QED) is 0.516. The molecule has 0 saturated heterocycles. The van der Waals surface area contributed by atoms with E-state index in [-0.39, 0.29) is 10.8 Å². The van der Waals surface area contributed by atoms with Gasteiger partial charge in [-0.3, -0.25) is 0 Å². The molecule has 4 rings (SSSR count). The Balaban J connectivity index is 1.61. The fourth-order valence-corrected chi connectivity index (χ4v) is 8.16. The summed E-state index contributed by atoms with van der Waals surface area (Å²) < 4.78 is 0. The standard InChI is InChI=1S/C28H46O3/c1-17(2)18(3)7-8-19(4)22-9-10-23-21-15-25(30)28(31)16-20(29)11-14-27(28,6)24(21)12-13-26(22,23)5/h7-8,15,17-20,22-25,29-31H,9-14,16H2,1-6H3/b8-7+/t18-,19?,20-,22?,23?,24?,25+,26+,27+,28-/m0/s1. The second kappa shape index (κ2) is 7.99. The Morgan fingerprint density at radius 2 is 1.65 bits per heavy atom. The number of allylic oxidation sites excluding steroid dienone is 3. The van der Waals surface area contributed by atoms with Crippen molar-refractivity contribution < 1.29 is 15.3 Å². The van der Waals surface area contributed by atoms with Crippen LogP contribution in [0.4, 0.5) is 0 Å². The summed E-state index contributed by atoms with van der Waals surface area (Å²) in [5.41, 5.74) is 0.160. The summed E-state index contributed by atoms with van der Waals surface area (Å²) in [6.07, 6.45) is 12.1. The highest BCUT2D eigenvalue weighted by atomic mass is 16.3. The molecular weight excluding hydrogens is 384 g/mol. The number of hydrogen-bond donors (Lipinski definition) is 3. The van der Waals surface area contributed by atoms with Crippen molar-refractivity contribution in [3.63, 3.8) is 0 Å². The maximum Gasteiger partial charge on any atom is 0.102 e. The summed E-state index contributed by atoms with van der Waals surface area (Å²) in [6.45, 7) is 14.0. The molecule has 0 aromatic heterocycles. The van der Waals surface area contributed by atoms with E-state index in [4.69, 9.17) is 0 Å². The first-order chi connectivity index (χ1) is 14.4. The van der Waals surface area contributed by atoms with E-state index in [0.717, 1.165) is 19.3 Å². The molecule has 0 spiro atoms. The molecule has 0 aromatic rings. The van der Waals surface area contributed by atoms with Gasteiger partial charge in [-0.1, -0.05) is 65.3 Å². The van der Waals surface area contributed by atoms with Crippen LogP contribution in [0.1, 0.15) is 86.5 Å². The van der Waals surface area contributed by atoms with Crippen molar-refractivity contribution in [2.24, 2.45) is 46.3 Å². The lowest BCUT2D eigenvalue weighted by molar-refractivity contribution is -0.210. The van der Waals surface area contributed by atoms with Crippen LogP contribution in [-0.4, -0.2) is 33.1 Å². The van der Waals surface area contributed by atoms with Crippen LogP contribution in [0.2, 0.25) is 0 Å². The molecule has 0 radical (unpaired) electrons. The largest absolute Gasteiger partial charge is 0.393 e. The number of hydrogen-bond acceptors (Lipinski definition) is 3. The molecule has 4 aliphatic carbocycles. The van der Waals surface area contributed by atoms with Gasteiger partial charge in [0.15, 0.2) is 0 Å². The van der Waals surface area contributed by atoms with Gasteiger partial charge in [-0.2, -0.15) is 0 Å². The van der Waals surface area contributed by atoms with E-state index in [0.29, 0.717) is 41.9 Å². The highest BCUT2D eigenvalue weighted by Crippen LogP contribution is 2.67. The van der Waals surface area contributed by atoms with Gasteiger partial charge in [-0.05, 0) is 79.4 Å². The summed E-state index contributed by atoms with van der Waals surface area (Å²) in [5, 5.41) is 32.9. The lowest BCUT2D eigenvalue weighted by Crippen LogP contribution is -2.65. The van der Waals surface area contributed by atoms with Crippen LogP contribution in [0.15, 0.2) is 23.8 Å². The highest BCUT2D eigenvalue weighted by molar-refractivity contribution is 5.33. The van der Waals surface area contributed by atoms with E-state index in [1.807, 2.05) is 6.08 Å². The highest BCUT2D eigenvalue weighted by Gasteiger charge is 2.64. The topological polar surface area (TPSA) is 60.7 Å². The van der Waals surface area contributed by atoms with Crippen molar-refractivity contribution >= 4 is 0 Å². The average Bonchev–Trinajstić information content (AvgIpc) is 3.05. The summed E-state index contributed by atoms with van der Waals surface area (Å²) in [4.78, 5) is 0. The average molecular weight is 431 g/mol. The maximum absolute atomic E-state index is 11.6. The van der Waals surface area contributed by atoms with Crippen LogP contribution in [0, 0.1) is 46.3 Å². The molecule has 0 heterocycles. The summed E-state index contributed by atoms with van der Waals surface area (Å²) in [7, 11) is 0. The molecule has 0 aromatic carbocycles. The first-order valence-corrected chi connectivity index (χ1v) is 12.9. The van der Waals surface area contributed by atoms with E-state index in [1.165, 1.54) is 24.8 Å². The van der Waals surface area contributed by atoms with E-state index in [1.54, 1.807) is 0 Å². The van der Waals surface area contributed by atoms with Gasteiger partial charge in [0.1, 0.15) is 11.7 Å². The Bertz CT molecular complexity index is 741. The van der Waals surface area contributed by atoms with Crippen LogP contribution >= 0.6 is 0 Å². The smallest absolute Gasteiger partial charge is 0.102 e. The normalized spacial score (nSPS) is 49.4. The van der Waals surface area contributed by atoms with Crippen molar-refractivity contribution in [3.05, 3.63) is 23.8 Å². The molecule has 10 atom stereocenters. The van der Waals surface area contributed by atoms with Crippen molar-refractivity contribution in [3.8, 4) is 0 Å². The number of aliphatic hydroxyl groups is 3. The molecule has 3 nitrogen and oxygen atoms in total. The van der Waals surface area contributed by atoms with Crippen LogP contribution < -0.4 is 0 Å². The van der Waals surface area contributed by atoms with Gasteiger partial charge < -0.3 is 15.3 Å². The summed E-state index contributed by atoms with van der Waals surface area (Å²) in [5.74, 6) is 3.37. The SMILES string of the molecule is CC(/C=C/[C@H](C)C(C)C)C1CCC2C3=C[C@@H](O)[C@@]4(O)C[C@@H](O)CC[C@]4(C)C3CC[C@@]21C. The lowest BCUT2D eigenvalue weighted by Gasteiger charge is -2.62. The van der Waals surface area contributed by atoms with Crippen molar-refractivity contribution in [1.29, 1.82) is 0 Å². The number of fused-ring (bicyclic) bond motifs is 5. The van der Waals surface area contributed by atoms with Crippen LogP contribution in [0.25, 0.3) is 0 Å². The van der Waals surface area contributed by atoms with Gasteiger partial charge >= 0.3 is 0 Å². The van der Waals surface area contributed by atoms with Gasteiger partial charge in [0.25, 0.3) is 0 Å². The first kappa shape index (κ1) is 23.5. The molecule has 3 heteroatoms. The molecular formula is C28H46O3. The Morgan fingerprint density at radius 1 is 0.935 bits per heavy atom. The van der Waals surface area contributed by atoms with Crippen LogP contribution in [0.5, 0.6) is 0 Å². The Hall–Kier alpha value is -0.640. The minimum Gasteiger partial charge on any atom is -0.393 e. The van der Waals surface area contributed by atoms with Gasteiger partial charge in [0.05, 0.1) is 6.10 Å². The van der Waals surface area contributed by atoms with Gasteiger partial charge in [0.2, 0.25) is 0 Å². The second-order valence-corrected chi connectivity index (χ2v) is 12.5. The molecule has 3 saturated carbocycles. The third kappa shape index (κ3) is 3.49. The van der Waals surface area contributed by atoms with E-state index in [9.17, 15) is 15.3 Å². The first-order valence-electron chi connectivity index (χ1n) is 12.9. The molecule has 4 unspecified atom stereocenters. The van der Waals surface area contributed by atoms with E-state index in [2.05, 4.69) is 53.7 Å². The zero-order valence-corrected chi connectivity index (χ0v) is 20.6. The Morgan fingerprint density at radius 3 is 2.32 bits per heavy atom. The second-order valence-electron chi connectivity index (χ2n) is 12.5. The molecule has 0 bridgehead atoms. The fraction of sp³-hybridized carbons (Fsp3) is 0.857. The molecule has 176 valence electrons. The summed E-state index contributed by atoms with van der Waals surface area (Å²) in [6, 6.07) is 0. The third-order valence-electron chi connectivity index (χ3n) is 10.7. The van der Waals surface area contributed by atoms with Crippen molar-refractivity contribution in [1.82, 2.24) is 0 Å². The monoisotopic (exact) mass is 430 g/mol. The van der Waals surface area contributed by atoms with Gasteiger partial charge in [0, 0.05) is 11.8 Å². The minimum atomic E-state index is -1.20. The predicted molar refractivity (Wildman–Crippen MR) is 126 cm³/mol. The van der Waals surface area contributed by atoms with Gasteiger partial charge in [-0.15, -0.1) is 0 Å². The van der Waals surface area contributed by atoms with E-state index < -0.39 is 17.8 Å². The lowest BCUT2D eigenvalue weighted by atomic mass is 9.45. The van der Waals surface area contributed by atoms with Crippen molar-refractivity contribution in [2.75, 3.05) is 0 Å². The Labute approximate surface area is 190 Å². The molecule has 0 amide bonds. The van der Waals surface area contributed by atoms with Crippen LogP contribution in [-0.2, 0) is 0 Å². The van der Waals surface area contributed by atoms with E-state index >= 15 is 0 Å². The minimum absolute atomic E-state index is 0.271. The zero-order chi connectivity index (χ0) is 22.8. The third-order valence-corrected chi connectivity index (χ3v) is 10.7. The number of rotatable bonds is 4. The fourth-order valence-electron chi connectivity index (χ4n) is 8.16. The molecule has 31 heavy (non-hydrogen) atoms. The molecule has 4 aliphatic rings. The molecule has 3 N–H and O–H groups in total. The maximum atomic E-state index is 11.6. The summed E-state index contributed by atoms with van der Waals surface area (Å²) >= 11 is 0. The van der Waals surface area contributed by atoms with Crippen LogP contribution in [0.3, 0.4) is 0 Å².